The van der Waals surface area contributed by atoms with Crippen molar-refractivity contribution in [1.82, 2.24) is 4.90 Å². The van der Waals surface area contributed by atoms with E-state index < -0.39 is 15.9 Å². The Morgan fingerprint density at radius 3 is 2.62 bits per heavy atom. The number of nitrogens with two attached hydrogens (primary N) is 1. The number of hydrogen-bond acceptors (Lipinski definition) is 4. The van der Waals surface area contributed by atoms with Crippen LogP contribution in [0.4, 0.5) is 0 Å². The standard InChI is InChI=1S/C7H14N2O3S/c1-13(11,12)5-4-9-3-2-6(8)7(9)10/h6H,2-5,8H2,1H3. The van der Waals surface area contributed by atoms with Gasteiger partial charge in [0, 0.05) is 19.3 Å². The largest absolute Gasteiger partial charge is 0.340 e. The van der Waals surface area contributed by atoms with Gasteiger partial charge in [0.1, 0.15) is 9.84 Å². The molecule has 6 heteroatoms. The van der Waals surface area contributed by atoms with Crippen LogP contribution in [0.15, 0.2) is 0 Å². The molecule has 1 rings (SSSR count). The van der Waals surface area contributed by atoms with Crippen LogP contribution in [0.1, 0.15) is 6.42 Å². The second-order valence-corrected chi connectivity index (χ2v) is 5.61. The fourth-order valence-corrected chi connectivity index (χ4v) is 1.81. The van der Waals surface area contributed by atoms with Crippen molar-refractivity contribution in [3.05, 3.63) is 0 Å². The average molecular weight is 206 g/mol. The maximum atomic E-state index is 11.2. The van der Waals surface area contributed by atoms with Crippen molar-refractivity contribution >= 4 is 15.7 Å². The zero-order valence-corrected chi connectivity index (χ0v) is 8.38. The molecule has 0 bridgehead atoms. The molecule has 2 N–H and O–H groups in total. The highest BCUT2D eigenvalue weighted by atomic mass is 32.2. The van der Waals surface area contributed by atoms with E-state index in [9.17, 15) is 13.2 Å². The number of amides is 1. The van der Waals surface area contributed by atoms with Gasteiger partial charge in [-0.05, 0) is 6.42 Å². The van der Waals surface area contributed by atoms with Crippen LogP contribution in [0, 0.1) is 0 Å². The lowest BCUT2D eigenvalue weighted by Gasteiger charge is -2.14. The topological polar surface area (TPSA) is 80.5 Å². The molecule has 0 aromatic rings. The van der Waals surface area contributed by atoms with Crippen LogP contribution in [0.2, 0.25) is 0 Å². The Morgan fingerprint density at radius 1 is 1.62 bits per heavy atom. The summed E-state index contributed by atoms with van der Waals surface area (Å²) in [6.45, 7) is 0.848. The highest BCUT2D eigenvalue weighted by Crippen LogP contribution is 2.08. The zero-order valence-electron chi connectivity index (χ0n) is 7.56. The first-order chi connectivity index (χ1) is 5.90. The van der Waals surface area contributed by atoms with Crippen LogP contribution in [0.25, 0.3) is 0 Å². The Labute approximate surface area is 77.8 Å². The second kappa shape index (κ2) is 3.63. The van der Waals surface area contributed by atoms with Crippen LogP contribution in [-0.2, 0) is 14.6 Å². The predicted molar refractivity (Wildman–Crippen MR) is 48.9 cm³/mol. The van der Waals surface area contributed by atoms with Crippen LogP contribution < -0.4 is 5.73 Å². The molecule has 1 atom stereocenters. The summed E-state index contributed by atoms with van der Waals surface area (Å²) in [6, 6.07) is -0.431. The van der Waals surface area contributed by atoms with Gasteiger partial charge < -0.3 is 10.6 Å². The molecule has 1 heterocycles. The number of sulfone groups is 1. The fourth-order valence-electron chi connectivity index (χ4n) is 1.26. The molecule has 0 saturated carbocycles. The molecule has 1 amide bonds. The molecular weight excluding hydrogens is 192 g/mol. The van der Waals surface area contributed by atoms with E-state index in [0.717, 1.165) is 6.26 Å². The van der Waals surface area contributed by atoms with Gasteiger partial charge in [-0.3, -0.25) is 4.79 Å². The second-order valence-electron chi connectivity index (χ2n) is 3.35. The van der Waals surface area contributed by atoms with E-state index in [1.807, 2.05) is 0 Å². The van der Waals surface area contributed by atoms with Gasteiger partial charge in [0.15, 0.2) is 0 Å². The molecule has 76 valence electrons. The van der Waals surface area contributed by atoms with Gasteiger partial charge in [-0.25, -0.2) is 8.42 Å². The third-order valence-electron chi connectivity index (χ3n) is 2.07. The van der Waals surface area contributed by atoms with Crippen molar-refractivity contribution in [2.75, 3.05) is 25.1 Å². The smallest absolute Gasteiger partial charge is 0.239 e. The van der Waals surface area contributed by atoms with E-state index in [1.165, 1.54) is 4.90 Å². The maximum absolute atomic E-state index is 11.2. The molecule has 1 aliphatic rings. The number of likely N-dealkylation sites (tertiary alicyclic amines) is 1. The molecule has 0 aromatic heterocycles. The minimum absolute atomic E-state index is 0.0193. The Balaban J connectivity index is 2.44. The maximum Gasteiger partial charge on any atom is 0.239 e. The van der Waals surface area contributed by atoms with Crippen molar-refractivity contribution in [1.29, 1.82) is 0 Å². The summed E-state index contributed by atoms with van der Waals surface area (Å²) in [5.41, 5.74) is 5.47. The minimum Gasteiger partial charge on any atom is -0.340 e. The summed E-state index contributed by atoms with van der Waals surface area (Å²) in [4.78, 5) is 12.7. The molecule has 13 heavy (non-hydrogen) atoms. The zero-order chi connectivity index (χ0) is 10.1. The third kappa shape index (κ3) is 2.96. The average Bonchev–Trinajstić information content (AvgIpc) is 2.29. The van der Waals surface area contributed by atoms with Crippen LogP contribution >= 0.6 is 0 Å². The van der Waals surface area contributed by atoms with E-state index in [0.29, 0.717) is 13.0 Å². The molecular formula is C7H14N2O3S. The summed E-state index contributed by atoms with van der Waals surface area (Å²) in [6.07, 6.45) is 1.79. The van der Waals surface area contributed by atoms with Crippen molar-refractivity contribution in [2.24, 2.45) is 5.73 Å². The van der Waals surface area contributed by atoms with Gasteiger partial charge in [-0.1, -0.05) is 0 Å². The first kappa shape index (κ1) is 10.5. The summed E-state index contributed by atoms with van der Waals surface area (Å²) in [5, 5.41) is 0. The Kier molecular flexibility index (Phi) is 2.92. The number of nitrogens with zero attached hydrogens (tertiary/aromatic N) is 1. The molecule has 5 nitrogen and oxygen atoms in total. The van der Waals surface area contributed by atoms with Gasteiger partial charge in [0.25, 0.3) is 0 Å². The summed E-state index contributed by atoms with van der Waals surface area (Å²) in [7, 11) is -2.99. The van der Waals surface area contributed by atoms with Gasteiger partial charge in [-0.15, -0.1) is 0 Å². The summed E-state index contributed by atoms with van der Waals surface area (Å²) in [5.74, 6) is -0.116. The van der Waals surface area contributed by atoms with E-state index in [2.05, 4.69) is 0 Å². The lowest BCUT2D eigenvalue weighted by molar-refractivity contribution is -0.128. The van der Waals surface area contributed by atoms with E-state index >= 15 is 0 Å². The third-order valence-corrected chi connectivity index (χ3v) is 3.00. The minimum atomic E-state index is -2.99. The van der Waals surface area contributed by atoms with Crippen molar-refractivity contribution in [3.8, 4) is 0 Å². The molecule has 1 fully saturated rings. The lowest BCUT2D eigenvalue weighted by atomic mass is 10.3. The van der Waals surface area contributed by atoms with Gasteiger partial charge in [0.05, 0.1) is 11.8 Å². The van der Waals surface area contributed by atoms with Crippen molar-refractivity contribution in [3.63, 3.8) is 0 Å². The Bertz CT molecular complexity index is 299. The van der Waals surface area contributed by atoms with Crippen molar-refractivity contribution < 1.29 is 13.2 Å². The molecule has 1 aliphatic heterocycles. The highest BCUT2D eigenvalue weighted by Gasteiger charge is 2.28. The fraction of sp³-hybridized carbons (Fsp3) is 0.857. The van der Waals surface area contributed by atoms with E-state index in [1.54, 1.807) is 0 Å². The number of hydrogen-bond donors (Lipinski definition) is 1. The quantitative estimate of drug-likeness (QED) is 0.615. The highest BCUT2D eigenvalue weighted by molar-refractivity contribution is 7.90. The van der Waals surface area contributed by atoms with E-state index in [-0.39, 0.29) is 18.2 Å². The Hall–Kier alpha value is -0.620. The molecule has 0 spiro atoms. The normalized spacial score (nSPS) is 24.0. The monoisotopic (exact) mass is 206 g/mol. The predicted octanol–water partition coefficient (Wildman–Crippen LogP) is -1.41. The molecule has 0 radical (unpaired) electrons. The molecule has 0 aromatic carbocycles. The number of rotatable bonds is 3. The van der Waals surface area contributed by atoms with Crippen LogP contribution in [-0.4, -0.2) is 50.4 Å². The first-order valence-electron chi connectivity index (χ1n) is 4.12. The Morgan fingerprint density at radius 2 is 2.23 bits per heavy atom. The van der Waals surface area contributed by atoms with Gasteiger partial charge in [-0.2, -0.15) is 0 Å². The molecule has 1 saturated heterocycles. The summed E-state index contributed by atoms with van der Waals surface area (Å²) >= 11 is 0. The van der Waals surface area contributed by atoms with E-state index in [4.69, 9.17) is 5.73 Å². The van der Waals surface area contributed by atoms with Gasteiger partial charge >= 0.3 is 0 Å². The van der Waals surface area contributed by atoms with Crippen molar-refractivity contribution in [2.45, 2.75) is 12.5 Å². The molecule has 1 unspecified atom stereocenters. The lowest BCUT2D eigenvalue weighted by Crippen LogP contribution is -2.36. The number of carbonyl (C=O) groups is 1. The number of carbonyl (C=O) groups excluding carboxylic acids is 1. The first-order valence-corrected chi connectivity index (χ1v) is 6.18. The van der Waals surface area contributed by atoms with Gasteiger partial charge in [0.2, 0.25) is 5.91 Å². The molecule has 0 aliphatic carbocycles. The summed E-state index contributed by atoms with van der Waals surface area (Å²) < 4.78 is 21.6. The SMILES string of the molecule is CS(=O)(=O)CCN1CCC(N)C1=O. The van der Waals surface area contributed by atoms with Crippen LogP contribution in [0.5, 0.6) is 0 Å². The van der Waals surface area contributed by atoms with Crippen LogP contribution in [0.3, 0.4) is 0 Å².